The van der Waals surface area contributed by atoms with Crippen LogP contribution in [0, 0.1) is 12.8 Å². The first-order valence-corrected chi connectivity index (χ1v) is 8.01. The molecule has 0 amide bonds. The van der Waals surface area contributed by atoms with Gasteiger partial charge in [-0.05, 0) is 12.8 Å². The van der Waals surface area contributed by atoms with Gasteiger partial charge in [-0.15, -0.1) is 24.0 Å². The molecule has 1 fully saturated rings. The topological polar surface area (TPSA) is 66.5 Å². The average Bonchev–Trinajstić information content (AvgIpc) is 2.85. The van der Waals surface area contributed by atoms with Crippen LogP contribution in [0.25, 0.3) is 0 Å². The van der Waals surface area contributed by atoms with Gasteiger partial charge in [0.2, 0.25) is 5.89 Å². The summed E-state index contributed by atoms with van der Waals surface area (Å²) in [5.41, 5.74) is 0. The number of aliphatic imine (C=N–C) groups is 1. The van der Waals surface area contributed by atoms with Crippen molar-refractivity contribution in [1.82, 2.24) is 20.4 Å². The van der Waals surface area contributed by atoms with E-state index >= 15 is 0 Å². The summed E-state index contributed by atoms with van der Waals surface area (Å²) in [6, 6.07) is 0. The van der Waals surface area contributed by atoms with Crippen molar-refractivity contribution in [2.24, 2.45) is 10.9 Å². The third-order valence-electron chi connectivity index (χ3n) is 3.32. The Balaban J connectivity index is 0.00000220. The van der Waals surface area contributed by atoms with Gasteiger partial charge in [0.15, 0.2) is 11.8 Å². The second-order valence-corrected chi connectivity index (χ2v) is 6.58. The van der Waals surface area contributed by atoms with Gasteiger partial charge in [-0.1, -0.05) is 19.0 Å². The summed E-state index contributed by atoms with van der Waals surface area (Å²) < 4.78 is 5.10. The predicted molar refractivity (Wildman–Crippen MR) is 97.3 cm³/mol. The minimum atomic E-state index is 0. The molecule has 1 atom stereocenters. The van der Waals surface area contributed by atoms with E-state index in [9.17, 15) is 0 Å². The van der Waals surface area contributed by atoms with Crippen molar-refractivity contribution in [2.45, 2.75) is 32.6 Å². The molecule has 1 aliphatic rings. The predicted octanol–water partition coefficient (Wildman–Crippen LogP) is 2.14. The Morgan fingerprint density at radius 2 is 2.33 bits per heavy atom. The Labute approximate surface area is 147 Å². The molecule has 2 rings (SSSR count). The van der Waals surface area contributed by atoms with Gasteiger partial charge in [-0.3, -0.25) is 4.99 Å². The highest BCUT2D eigenvalue weighted by atomic mass is 127. The molecule has 0 aromatic carbocycles. The van der Waals surface area contributed by atoms with E-state index < -0.39 is 0 Å². The van der Waals surface area contributed by atoms with Crippen LogP contribution in [0.5, 0.6) is 0 Å². The van der Waals surface area contributed by atoms with Crippen molar-refractivity contribution in [2.75, 3.05) is 25.9 Å². The SMILES string of the molecule is CN=C(NCc1nc(C)no1)N1CCSC(C(C)C)C1.I. The summed E-state index contributed by atoms with van der Waals surface area (Å²) >= 11 is 2.06. The van der Waals surface area contributed by atoms with E-state index in [1.165, 1.54) is 0 Å². The fourth-order valence-electron chi connectivity index (χ4n) is 2.17. The zero-order valence-electron chi connectivity index (χ0n) is 13.0. The molecule has 1 aromatic heterocycles. The number of hydrogen-bond donors (Lipinski definition) is 1. The minimum Gasteiger partial charge on any atom is -0.347 e. The van der Waals surface area contributed by atoms with Crippen LogP contribution in [0.15, 0.2) is 9.52 Å². The standard InChI is InChI=1S/C13H23N5OS.HI/c1-9(2)11-8-18(5-6-20-11)13(14-4)15-7-12-16-10(3)17-19-12;/h9,11H,5-8H2,1-4H3,(H,14,15);1H. The van der Waals surface area contributed by atoms with Crippen LogP contribution < -0.4 is 5.32 Å². The number of hydrogen-bond acceptors (Lipinski definition) is 5. The molecule has 1 aliphatic heterocycles. The third-order valence-corrected chi connectivity index (χ3v) is 4.86. The minimum absolute atomic E-state index is 0. The number of aryl methyl sites for hydroxylation is 1. The summed E-state index contributed by atoms with van der Waals surface area (Å²) in [5.74, 6) is 3.98. The number of nitrogens with zero attached hydrogens (tertiary/aromatic N) is 4. The lowest BCUT2D eigenvalue weighted by molar-refractivity contribution is 0.357. The van der Waals surface area contributed by atoms with Crippen molar-refractivity contribution in [3.63, 3.8) is 0 Å². The maximum Gasteiger partial charge on any atom is 0.246 e. The Morgan fingerprint density at radius 1 is 1.57 bits per heavy atom. The van der Waals surface area contributed by atoms with E-state index in [4.69, 9.17) is 4.52 Å². The van der Waals surface area contributed by atoms with Gasteiger partial charge in [-0.25, -0.2) is 0 Å². The summed E-state index contributed by atoms with van der Waals surface area (Å²) in [7, 11) is 1.81. The molecule has 1 saturated heterocycles. The number of halogens is 1. The first-order valence-electron chi connectivity index (χ1n) is 6.96. The van der Waals surface area contributed by atoms with Crippen LogP contribution in [0.3, 0.4) is 0 Å². The van der Waals surface area contributed by atoms with Crippen molar-refractivity contribution >= 4 is 41.7 Å². The maximum atomic E-state index is 5.10. The van der Waals surface area contributed by atoms with Gasteiger partial charge in [0.25, 0.3) is 0 Å². The van der Waals surface area contributed by atoms with E-state index in [0.29, 0.717) is 29.4 Å². The van der Waals surface area contributed by atoms with Gasteiger partial charge in [0, 0.05) is 31.1 Å². The zero-order valence-corrected chi connectivity index (χ0v) is 16.1. The lowest BCUT2D eigenvalue weighted by atomic mass is 10.1. The molecule has 1 N–H and O–H groups in total. The fourth-order valence-corrected chi connectivity index (χ4v) is 3.47. The smallest absolute Gasteiger partial charge is 0.246 e. The third kappa shape index (κ3) is 5.32. The number of guanidine groups is 1. The molecule has 0 saturated carbocycles. The summed E-state index contributed by atoms with van der Waals surface area (Å²) in [6.07, 6.45) is 0. The van der Waals surface area contributed by atoms with Crippen LogP contribution in [0.4, 0.5) is 0 Å². The van der Waals surface area contributed by atoms with Gasteiger partial charge in [0.05, 0.1) is 6.54 Å². The van der Waals surface area contributed by atoms with E-state index in [1.54, 1.807) is 0 Å². The highest BCUT2D eigenvalue weighted by Crippen LogP contribution is 2.24. The molecule has 0 aliphatic carbocycles. The van der Waals surface area contributed by atoms with Gasteiger partial charge < -0.3 is 14.7 Å². The molecule has 0 radical (unpaired) electrons. The van der Waals surface area contributed by atoms with E-state index in [0.717, 1.165) is 24.8 Å². The molecular formula is C13H24IN5OS. The van der Waals surface area contributed by atoms with Crippen molar-refractivity contribution < 1.29 is 4.52 Å². The lowest BCUT2D eigenvalue weighted by Gasteiger charge is -2.36. The lowest BCUT2D eigenvalue weighted by Crippen LogP contribution is -2.48. The van der Waals surface area contributed by atoms with Crippen LogP contribution in [-0.4, -0.2) is 52.1 Å². The first-order chi connectivity index (χ1) is 9.60. The molecule has 1 unspecified atom stereocenters. The first kappa shape index (κ1) is 18.5. The number of aromatic nitrogens is 2. The normalized spacial score (nSPS) is 19.6. The van der Waals surface area contributed by atoms with E-state index in [1.807, 2.05) is 14.0 Å². The van der Waals surface area contributed by atoms with Gasteiger partial charge in [-0.2, -0.15) is 16.7 Å². The summed E-state index contributed by atoms with van der Waals surface area (Å²) in [5, 5.41) is 7.74. The second-order valence-electron chi connectivity index (χ2n) is 5.24. The monoisotopic (exact) mass is 425 g/mol. The van der Waals surface area contributed by atoms with Crippen LogP contribution in [-0.2, 0) is 6.54 Å². The summed E-state index contributed by atoms with van der Waals surface area (Å²) in [4.78, 5) is 10.9. The van der Waals surface area contributed by atoms with Crippen LogP contribution in [0.2, 0.25) is 0 Å². The average molecular weight is 425 g/mol. The summed E-state index contributed by atoms with van der Waals surface area (Å²) in [6.45, 7) is 8.94. The Morgan fingerprint density at radius 3 is 2.90 bits per heavy atom. The number of thioether (sulfide) groups is 1. The Kier molecular flexibility index (Phi) is 7.78. The Hall–Kier alpha value is -0.510. The second kappa shape index (κ2) is 8.82. The highest BCUT2D eigenvalue weighted by molar-refractivity contribution is 14.0. The Bertz CT molecular complexity index is 465. The quantitative estimate of drug-likeness (QED) is 0.455. The molecule has 0 bridgehead atoms. The number of rotatable bonds is 3. The highest BCUT2D eigenvalue weighted by Gasteiger charge is 2.24. The van der Waals surface area contributed by atoms with Gasteiger partial charge >= 0.3 is 0 Å². The molecule has 0 spiro atoms. The van der Waals surface area contributed by atoms with Crippen molar-refractivity contribution in [3.05, 3.63) is 11.7 Å². The fraction of sp³-hybridized carbons (Fsp3) is 0.769. The molecule has 8 heteroatoms. The van der Waals surface area contributed by atoms with E-state index in [2.05, 4.69) is 51.0 Å². The van der Waals surface area contributed by atoms with Gasteiger partial charge in [0.1, 0.15) is 0 Å². The number of nitrogens with one attached hydrogen (secondary N) is 1. The molecule has 2 heterocycles. The molecule has 21 heavy (non-hydrogen) atoms. The molecule has 1 aromatic rings. The largest absolute Gasteiger partial charge is 0.347 e. The zero-order chi connectivity index (χ0) is 14.5. The van der Waals surface area contributed by atoms with E-state index in [-0.39, 0.29) is 24.0 Å². The molecular weight excluding hydrogens is 401 g/mol. The maximum absolute atomic E-state index is 5.10. The molecule has 120 valence electrons. The van der Waals surface area contributed by atoms with Crippen LogP contribution in [0.1, 0.15) is 25.6 Å². The molecule has 6 nitrogen and oxygen atoms in total. The van der Waals surface area contributed by atoms with Crippen molar-refractivity contribution in [1.29, 1.82) is 0 Å². The van der Waals surface area contributed by atoms with Crippen molar-refractivity contribution in [3.8, 4) is 0 Å². The van der Waals surface area contributed by atoms with Crippen LogP contribution >= 0.6 is 35.7 Å².